The number of rotatable bonds is 7. The van der Waals surface area contributed by atoms with Crippen LogP contribution in [-0.4, -0.2) is 12.1 Å². The second-order valence-electron chi connectivity index (χ2n) is 4.94. The van der Waals surface area contributed by atoms with Gasteiger partial charge in [-0.15, -0.1) is 0 Å². The molecule has 1 atom stereocenters. The van der Waals surface area contributed by atoms with E-state index < -0.39 is 0 Å². The number of benzene rings is 1. The number of hydrogen-bond donors (Lipinski definition) is 0. The van der Waals surface area contributed by atoms with Crippen LogP contribution in [0, 0.1) is 0 Å². The second kappa shape index (κ2) is 7.91. The Morgan fingerprint density at radius 1 is 1.17 bits per heavy atom. The Kier molecular flexibility index (Phi) is 6.48. The van der Waals surface area contributed by atoms with Crippen molar-refractivity contribution in [1.29, 1.82) is 0 Å². The summed E-state index contributed by atoms with van der Waals surface area (Å²) in [7, 11) is 0. The third-order valence-corrected chi connectivity index (χ3v) is 2.93. The Labute approximate surface area is 110 Å². The predicted molar refractivity (Wildman–Crippen MR) is 74.6 cm³/mol. The Hall–Kier alpha value is -1.31. The maximum atomic E-state index is 12.1. The molecule has 0 amide bonds. The molecule has 2 nitrogen and oxygen atoms in total. The molecule has 0 saturated heterocycles. The average molecular weight is 248 g/mol. The van der Waals surface area contributed by atoms with Gasteiger partial charge in [0, 0.05) is 0 Å². The highest BCUT2D eigenvalue weighted by Gasteiger charge is 2.22. The first-order valence-corrected chi connectivity index (χ1v) is 6.90. The van der Waals surface area contributed by atoms with Crippen molar-refractivity contribution in [2.45, 2.75) is 58.5 Å². The molecule has 2 heteroatoms. The largest absolute Gasteiger partial charge is 0.463 e. The molecule has 0 aromatic heterocycles. The van der Waals surface area contributed by atoms with Gasteiger partial charge in [-0.2, -0.15) is 0 Å². The molecule has 1 rings (SSSR count). The molecule has 1 unspecified atom stereocenters. The minimum atomic E-state index is -0.111. The molecule has 0 N–H and O–H groups in total. The van der Waals surface area contributed by atoms with Gasteiger partial charge in [0.05, 0.1) is 12.0 Å². The zero-order valence-corrected chi connectivity index (χ0v) is 11.7. The van der Waals surface area contributed by atoms with E-state index in [1.54, 1.807) is 0 Å². The zero-order valence-electron chi connectivity index (χ0n) is 11.7. The van der Waals surface area contributed by atoms with Crippen LogP contribution in [0.2, 0.25) is 0 Å². The normalized spacial score (nSPS) is 12.4. The molecular formula is C16H24O2. The van der Waals surface area contributed by atoms with E-state index in [0.717, 1.165) is 24.8 Å². The van der Waals surface area contributed by atoms with E-state index in [1.165, 1.54) is 6.42 Å². The van der Waals surface area contributed by atoms with Crippen LogP contribution in [0.5, 0.6) is 0 Å². The molecule has 18 heavy (non-hydrogen) atoms. The molecule has 0 saturated carbocycles. The molecular weight excluding hydrogens is 224 g/mol. The highest BCUT2D eigenvalue weighted by molar-refractivity contribution is 5.78. The lowest BCUT2D eigenvalue weighted by molar-refractivity contribution is -0.149. The molecule has 0 heterocycles. The van der Waals surface area contributed by atoms with Crippen molar-refractivity contribution in [3.05, 3.63) is 35.9 Å². The lowest BCUT2D eigenvalue weighted by Crippen LogP contribution is -2.19. The first kappa shape index (κ1) is 14.7. The first-order chi connectivity index (χ1) is 8.65. The van der Waals surface area contributed by atoms with E-state index in [-0.39, 0.29) is 18.0 Å². The molecule has 0 aliphatic heterocycles. The van der Waals surface area contributed by atoms with Crippen LogP contribution in [0.4, 0.5) is 0 Å². The summed E-state index contributed by atoms with van der Waals surface area (Å²) < 4.78 is 5.36. The molecule has 0 aliphatic carbocycles. The van der Waals surface area contributed by atoms with E-state index in [2.05, 4.69) is 6.92 Å². The van der Waals surface area contributed by atoms with Crippen molar-refractivity contribution in [3.8, 4) is 0 Å². The van der Waals surface area contributed by atoms with Crippen molar-refractivity contribution in [1.82, 2.24) is 0 Å². The summed E-state index contributed by atoms with van der Waals surface area (Å²) in [5, 5.41) is 0. The lowest BCUT2D eigenvalue weighted by Gasteiger charge is -2.18. The zero-order chi connectivity index (χ0) is 13.4. The number of carbonyl (C=O) groups is 1. The quantitative estimate of drug-likeness (QED) is 0.531. The van der Waals surface area contributed by atoms with Crippen molar-refractivity contribution in [3.63, 3.8) is 0 Å². The fourth-order valence-electron chi connectivity index (χ4n) is 2.02. The van der Waals surface area contributed by atoms with Crippen molar-refractivity contribution in [2.75, 3.05) is 0 Å². The van der Waals surface area contributed by atoms with Gasteiger partial charge in [-0.3, -0.25) is 4.79 Å². The lowest BCUT2D eigenvalue weighted by atomic mass is 9.93. The Bertz CT molecular complexity index is 343. The van der Waals surface area contributed by atoms with Gasteiger partial charge in [-0.25, -0.2) is 0 Å². The SMILES string of the molecule is CCCCCC(C(=O)OC(C)C)c1ccccc1. The number of ether oxygens (including phenoxy) is 1. The number of carbonyl (C=O) groups excluding carboxylic acids is 1. The molecule has 0 fully saturated rings. The van der Waals surface area contributed by atoms with Crippen LogP contribution >= 0.6 is 0 Å². The number of esters is 1. The van der Waals surface area contributed by atoms with Crippen molar-refractivity contribution in [2.24, 2.45) is 0 Å². The Morgan fingerprint density at radius 3 is 2.39 bits per heavy atom. The summed E-state index contributed by atoms with van der Waals surface area (Å²) in [6, 6.07) is 9.95. The summed E-state index contributed by atoms with van der Waals surface area (Å²) in [5.74, 6) is -0.201. The molecule has 1 aromatic carbocycles. The van der Waals surface area contributed by atoms with E-state index in [4.69, 9.17) is 4.74 Å². The third-order valence-electron chi connectivity index (χ3n) is 2.93. The van der Waals surface area contributed by atoms with E-state index in [9.17, 15) is 4.79 Å². The average Bonchev–Trinajstić information content (AvgIpc) is 2.35. The van der Waals surface area contributed by atoms with Gasteiger partial charge >= 0.3 is 5.97 Å². The standard InChI is InChI=1S/C16H24O2/c1-4-5-7-12-15(16(17)18-13(2)3)14-10-8-6-9-11-14/h6,8-11,13,15H,4-5,7,12H2,1-3H3. The maximum absolute atomic E-state index is 12.1. The molecule has 0 spiro atoms. The molecule has 0 radical (unpaired) electrons. The highest BCUT2D eigenvalue weighted by atomic mass is 16.5. The summed E-state index contributed by atoms with van der Waals surface area (Å²) in [6.45, 7) is 5.96. The van der Waals surface area contributed by atoms with E-state index in [0.29, 0.717) is 0 Å². The number of hydrogen-bond acceptors (Lipinski definition) is 2. The third kappa shape index (κ3) is 4.91. The molecule has 0 bridgehead atoms. The van der Waals surface area contributed by atoms with Crippen LogP contribution in [0.15, 0.2) is 30.3 Å². The minimum Gasteiger partial charge on any atom is -0.463 e. The van der Waals surface area contributed by atoms with E-state index >= 15 is 0 Å². The summed E-state index contributed by atoms with van der Waals surface area (Å²) >= 11 is 0. The Morgan fingerprint density at radius 2 is 1.83 bits per heavy atom. The van der Waals surface area contributed by atoms with Gasteiger partial charge in [-0.05, 0) is 25.8 Å². The van der Waals surface area contributed by atoms with Gasteiger partial charge < -0.3 is 4.74 Å². The smallest absolute Gasteiger partial charge is 0.313 e. The number of unbranched alkanes of at least 4 members (excludes halogenated alkanes) is 2. The maximum Gasteiger partial charge on any atom is 0.313 e. The second-order valence-corrected chi connectivity index (χ2v) is 4.94. The highest BCUT2D eigenvalue weighted by Crippen LogP contribution is 2.24. The van der Waals surface area contributed by atoms with Crippen molar-refractivity contribution < 1.29 is 9.53 Å². The minimum absolute atomic E-state index is 0.0464. The van der Waals surface area contributed by atoms with Crippen LogP contribution in [0.3, 0.4) is 0 Å². The summed E-state index contributed by atoms with van der Waals surface area (Å²) in [6.07, 6.45) is 4.24. The fourth-order valence-corrected chi connectivity index (χ4v) is 2.02. The molecule has 100 valence electrons. The Balaban J connectivity index is 2.72. The monoisotopic (exact) mass is 248 g/mol. The fraction of sp³-hybridized carbons (Fsp3) is 0.562. The van der Waals surface area contributed by atoms with Gasteiger partial charge in [0.2, 0.25) is 0 Å². The van der Waals surface area contributed by atoms with E-state index in [1.807, 2.05) is 44.2 Å². The van der Waals surface area contributed by atoms with Gasteiger partial charge in [0.25, 0.3) is 0 Å². The molecule has 0 aliphatic rings. The predicted octanol–water partition coefficient (Wildman–Crippen LogP) is 4.30. The molecule has 1 aromatic rings. The van der Waals surface area contributed by atoms with Crippen LogP contribution in [0.25, 0.3) is 0 Å². The van der Waals surface area contributed by atoms with Gasteiger partial charge in [0.15, 0.2) is 0 Å². The van der Waals surface area contributed by atoms with Crippen LogP contribution < -0.4 is 0 Å². The topological polar surface area (TPSA) is 26.3 Å². The summed E-state index contributed by atoms with van der Waals surface area (Å²) in [4.78, 5) is 12.1. The summed E-state index contributed by atoms with van der Waals surface area (Å²) in [5.41, 5.74) is 1.07. The van der Waals surface area contributed by atoms with Gasteiger partial charge in [-0.1, -0.05) is 56.5 Å². The van der Waals surface area contributed by atoms with Crippen LogP contribution in [-0.2, 0) is 9.53 Å². The first-order valence-electron chi connectivity index (χ1n) is 6.90. The van der Waals surface area contributed by atoms with Crippen LogP contribution in [0.1, 0.15) is 57.9 Å². The van der Waals surface area contributed by atoms with Crippen molar-refractivity contribution >= 4 is 5.97 Å². The van der Waals surface area contributed by atoms with Gasteiger partial charge in [0.1, 0.15) is 0 Å².